The lowest BCUT2D eigenvalue weighted by molar-refractivity contribution is -0.118. The van der Waals surface area contributed by atoms with Crippen LogP contribution in [-0.2, 0) is 9.59 Å². The number of thioether (sulfide) groups is 1. The summed E-state index contributed by atoms with van der Waals surface area (Å²) in [6.07, 6.45) is 1.59. The van der Waals surface area contributed by atoms with Crippen LogP contribution in [0.15, 0.2) is 58.4 Å². The van der Waals surface area contributed by atoms with E-state index in [0.717, 1.165) is 11.8 Å². The fourth-order valence-electron chi connectivity index (χ4n) is 2.19. The molecule has 3 rings (SSSR count). The third-order valence-electron chi connectivity index (χ3n) is 3.31. The Kier molecular flexibility index (Phi) is 5.60. The van der Waals surface area contributed by atoms with Crippen LogP contribution in [0.5, 0.6) is 5.75 Å². The molecule has 0 spiro atoms. The van der Waals surface area contributed by atoms with Crippen molar-refractivity contribution in [2.75, 3.05) is 11.9 Å². The SMILES string of the molecule is NC1=NC(=O)/C(=C/c2cc(Cl)ccc2OCC(=O)Nc2ccccc2)S1. The van der Waals surface area contributed by atoms with E-state index in [4.69, 9.17) is 22.1 Å². The number of carbonyl (C=O) groups excluding carboxylic acids is 2. The number of para-hydroxylation sites is 1. The molecule has 2 aromatic carbocycles. The molecule has 8 heteroatoms. The summed E-state index contributed by atoms with van der Waals surface area (Å²) in [4.78, 5) is 27.8. The zero-order valence-electron chi connectivity index (χ0n) is 13.4. The molecule has 0 fully saturated rings. The minimum atomic E-state index is -0.416. The van der Waals surface area contributed by atoms with Crippen molar-refractivity contribution >= 4 is 52.1 Å². The first-order valence-corrected chi connectivity index (χ1v) is 8.76. The molecule has 26 heavy (non-hydrogen) atoms. The van der Waals surface area contributed by atoms with E-state index in [1.807, 2.05) is 18.2 Å². The van der Waals surface area contributed by atoms with Gasteiger partial charge in [0.25, 0.3) is 11.8 Å². The number of ether oxygens (including phenoxy) is 1. The lowest BCUT2D eigenvalue weighted by Gasteiger charge is -2.10. The molecule has 0 aliphatic carbocycles. The molecule has 0 saturated heterocycles. The fraction of sp³-hybridized carbons (Fsp3) is 0.0556. The Morgan fingerprint density at radius 2 is 2.04 bits per heavy atom. The van der Waals surface area contributed by atoms with E-state index in [-0.39, 0.29) is 17.7 Å². The Balaban J connectivity index is 1.71. The predicted octanol–water partition coefficient (Wildman–Crippen LogP) is 3.29. The third-order valence-corrected chi connectivity index (χ3v) is 4.36. The van der Waals surface area contributed by atoms with Crippen LogP contribution in [0.1, 0.15) is 5.56 Å². The zero-order valence-corrected chi connectivity index (χ0v) is 15.0. The molecule has 0 bridgehead atoms. The number of benzene rings is 2. The molecule has 0 atom stereocenters. The molecule has 1 aliphatic rings. The number of amides is 2. The zero-order chi connectivity index (χ0) is 18.5. The highest BCUT2D eigenvalue weighted by atomic mass is 35.5. The Labute approximate surface area is 159 Å². The number of anilines is 1. The summed E-state index contributed by atoms with van der Waals surface area (Å²) in [5, 5.41) is 3.39. The quantitative estimate of drug-likeness (QED) is 0.768. The van der Waals surface area contributed by atoms with E-state index in [1.165, 1.54) is 0 Å². The van der Waals surface area contributed by atoms with Crippen molar-refractivity contribution in [3.05, 3.63) is 64.0 Å². The van der Waals surface area contributed by atoms with E-state index in [9.17, 15) is 9.59 Å². The summed E-state index contributed by atoms with van der Waals surface area (Å²) in [6, 6.07) is 14.0. The normalized spacial score (nSPS) is 15.0. The maximum Gasteiger partial charge on any atom is 0.286 e. The monoisotopic (exact) mass is 387 g/mol. The number of aliphatic imine (C=N–C) groups is 1. The fourth-order valence-corrected chi connectivity index (χ4v) is 3.05. The first kappa shape index (κ1) is 18.0. The summed E-state index contributed by atoms with van der Waals surface area (Å²) in [7, 11) is 0. The number of halogens is 1. The molecule has 1 aliphatic heterocycles. The molecular formula is C18H14ClN3O3S. The van der Waals surface area contributed by atoms with Crippen LogP contribution in [0.2, 0.25) is 5.02 Å². The molecule has 132 valence electrons. The number of hydrogen-bond acceptors (Lipinski definition) is 5. The highest BCUT2D eigenvalue weighted by Crippen LogP contribution is 2.31. The minimum absolute atomic E-state index is 0.188. The van der Waals surface area contributed by atoms with Gasteiger partial charge < -0.3 is 15.8 Å². The lowest BCUT2D eigenvalue weighted by Crippen LogP contribution is -2.20. The van der Waals surface area contributed by atoms with Gasteiger partial charge in [-0.05, 0) is 48.2 Å². The van der Waals surface area contributed by atoms with Crippen molar-refractivity contribution in [1.82, 2.24) is 0 Å². The maximum atomic E-state index is 12.0. The standard InChI is InChI=1S/C18H14ClN3O3S/c19-12-6-7-14(11(8-12)9-15-17(24)22-18(20)26-15)25-10-16(23)21-13-4-2-1-3-5-13/h1-9H,10H2,(H,21,23)(H2,20,22,24)/b15-9-. The van der Waals surface area contributed by atoms with Gasteiger partial charge in [-0.3, -0.25) is 9.59 Å². The number of nitrogens with two attached hydrogens (primary N) is 1. The maximum absolute atomic E-state index is 12.0. The molecular weight excluding hydrogens is 374 g/mol. The van der Waals surface area contributed by atoms with Crippen LogP contribution >= 0.6 is 23.4 Å². The first-order chi connectivity index (χ1) is 12.5. The number of hydrogen-bond donors (Lipinski definition) is 2. The van der Waals surface area contributed by atoms with Gasteiger partial charge in [-0.2, -0.15) is 4.99 Å². The van der Waals surface area contributed by atoms with Gasteiger partial charge in [0, 0.05) is 16.3 Å². The average molecular weight is 388 g/mol. The average Bonchev–Trinajstić information content (AvgIpc) is 2.92. The smallest absolute Gasteiger partial charge is 0.286 e. The second-order valence-electron chi connectivity index (χ2n) is 5.25. The van der Waals surface area contributed by atoms with Crippen molar-refractivity contribution in [1.29, 1.82) is 0 Å². The van der Waals surface area contributed by atoms with Crippen LogP contribution in [-0.4, -0.2) is 23.6 Å². The summed E-state index contributed by atoms with van der Waals surface area (Å²) < 4.78 is 5.59. The number of rotatable bonds is 5. The van der Waals surface area contributed by atoms with Crippen LogP contribution in [0.25, 0.3) is 6.08 Å². The highest BCUT2D eigenvalue weighted by Gasteiger charge is 2.20. The van der Waals surface area contributed by atoms with E-state index in [1.54, 1.807) is 36.4 Å². The van der Waals surface area contributed by atoms with Crippen molar-refractivity contribution in [2.45, 2.75) is 0 Å². The summed E-state index contributed by atoms with van der Waals surface area (Å²) >= 11 is 7.10. The largest absolute Gasteiger partial charge is 0.483 e. The van der Waals surface area contributed by atoms with Gasteiger partial charge in [0.2, 0.25) is 0 Å². The second kappa shape index (κ2) is 8.07. The van der Waals surface area contributed by atoms with Gasteiger partial charge in [-0.25, -0.2) is 0 Å². The van der Waals surface area contributed by atoms with Crippen LogP contribution < -0.4 is 15.8 Å². The molecule has 1 heterocycles. The second-order valence-corrected chi connectivity index (χ2v) is 6.75. The first-order valence-electron chi connectivity index (χ1n) is 7.56. The van der Waals surface area contributed by atoms with Crippen molar-refractivity contribution in [2.24, 2.45) is 10.7 Å². The van der Waals surface area contributed by atoms with Crippen LogP contribution in [0.4, 0.5) is 5.69 Å². The molecule has 2 aromatic rings. The Morgan fingerprint density at radius 3 is 2.73 bits per heavy atom. The van der Waals surface area contributed by atoms with Crippen molar-refractivity contribution in [3.63, 3.8) is 0 Å². The topological polar surface area (TPSA) is 93.8 Å². The van der Waals surface area contributed by atoms with Crippen molar-refractivity contribution < 1.29 is 14.3 Å². The summed E-state index contributed by atoms with van der Waals surface area (Å²) in [5.41, 5.74) is 6.79. The van der Waals surface area contributed by atoms with Gasteiger partial charge in [0.05, 0.1) is 4.91 Å². The van der Waals surface area contributed by atoms with Crippen molar-refractivity contribution in [3.8, 4) is 5.75 Å². The number of carbonyl (C=O) groups is 2. The predicted molar refractivity (Wildman–Crippen MR) is 104 cm³/mol. The number of nitrogens with one attached hydrogen (secondary N) is 1. The molecule has 0 saturated carbocycles. The molecule has 0 radical (unpaired) electrons. The highest BCUT2D eigenvalue weighted by molar-refractivity contribution is 8.18. The molecule has 3 N–H and O–H groups in total. The summed E-state index contributed by atoms with van der Waals surface area (Å²) in [6.45, 7) is -0.188. The van der Waals surface area contributed by atoms with Gasteiger partial charge in [-0.15, -0.1) is 0 Å². The Bertz CT molecular complexity index is 913. The summed E-state index contributed by atoms with van der Waals surface area (Å²) in [5.74, 6) is -0.298. The van der Waals surface area contributed by atoms with Crippen LogP contribution in [0, 0.1) is 0 Å². The van der Waals surface area contributed by atoms with E-state index >= 15 is 0 Å². The van der Waals surface area contributed by atoms with Gasteiger partial charge in [0.1, 0.15) is 5.75 Å². The van der Waals surface area contributed by atoms with Gasteiger partial charge in [-0.1, -0.05) is 29.8 Å². The number of amidine groups is 1. The van der Waals surface area contributed by atoms with E-state index in [2.05, 4.69) is 10.3 Å². The van der Waals surface area contributed by atoms with Gasteiger partial charge >= 0.3 is 0 Å². The lowest BCUT2D eigenvalue weighted by atomic mass is 10.2. The number of nitrogens with zero attached hydrogens (tertiary/aromatic N) is 1. The Morgan fingerprint density at radius 1 is 1.27 bits per heavy atom. The van der Waals surface area contributed by atoms with Crippen LogP contribution in [0.3, 0.4) is 0 Å². The van der Waals surface area contributed by atoms with Gasteiger partial charge in [0.15, 0.2) is 11.8 Å². The van der Waals surface area contributed by atoms with E-state index < -0.39 is 5.91 Å². The molecule has 6 nitrogen and oxygen atoms in total. The van der Waals surface area contributed by atoms with E-state index in [0.29, 0.717) is 26.9 Å². The third kappa shape index (κ3) is 4.65. The Hall–Kier alpha value is -2.77. The molecule has 0 aromatic heterocycles. The minimum Gasteiger partial charge on any atom is -0.483 e. The molecule has 2 amide bonds. The molecule has 0 unspecified atom stereocenters.